The van der Waals surface area contributed by atoms with Gasteiger partial charge in [0.1, 0.15) is 11.5 Å². The van der Waals surface area contributed by atoms with Gasteiger partial charge in [0.05, 0.1) is 7.11 Å². The minimum atomic E-state index is -2.83. The predicted molar refractivity (Wildman–Crippen MR) is 40.5 cm³/mol. The molecule has 0 aliphatic rings. The van der Waals surface area contributed by atoms with Crippen LogP contribution < -0.4 is 19.0 Å². The van der Waals surface area contributed by atoms with Crippen LogP contribution in [0.2, 0.25) is 0 Å². The van der Waals surface area contributed by atoms with E-state index in [0.29, 0.717) is 5.75 Å². The lowest BCUT2D eigenvalue weighted by molar-refractivity contribution is -0.310. The summed E-state index contributed by atoms with van der Waals surface area (Å²) in [5, 5.41) is 0. The van der Waals surface area contributed by atoms with E-state index in [0.717, 1.165) is 0 Å². The van der Waals surface area contributed by atoms with Gasteiger partial charge in [-0.3, -0.25) is 0 Å². The van der Waals surface area contributed by atoms with Crippen LogP contribution in [-0.2, 0) is 0 Å². The second-order valence-electron chi connectivity index (χ2n) is 1.99. The van der Waals surface area contributed by atoms with Crippen molar-refractivity contribution in [3.05, 3.63) is 24.3 Å². The molecule has 0 saturated heterocycles. The van der Waals surface area contributed by atoms with Gasteiger partial charge in [-0.25, -0.2) is 0 Å². The highest BCUT2D eigenvalue weighted by molar-refractivity contribution is 7.36. The van der Waals surface area contributed by atoms with E-state index in [1.165, 1.54) is 19.2 Å². The molecule has 0 aliphatic carbocycles. The van der Waals surface area contributed by atoms with E-state index in [1.54, 1.807) is 12.1 Å². The van der Waals surface area contributed by atoms with Crippen LogP contribution in [-0.4, -0.2) is 7.11 Å². The lowest BCUT2D eigenvalue weighted by atomic mass is 10.3. The lowest BCUT2D eigenvalue weighted by Crippen LogP contribution is -2.12. The summed E-state index contributed by atoms with van der Waals surface area (Å²) in [6, 6.07) is 6.27. The van der Waals surface area contributed by atoms with Gasteiger partial charge in [0.25, 0.3) is 0 Å². The summed E-state index contributed by atoms with van der Waals surface area (Å²) in [5.41, 5.74) is 0. The molecule has 5 heteroatoms. The molecule has 0 amide bonds. The van der Waals surface area contributed by atoms with Crippen LogP contribution in [0.15, 0.2) is 24.3 Å². The zero-order chi connectivity index (χ0) is 8.97. The number of hydrogen-bond acceptors (Lipinski definition) is 4. The molecule has 0 radical (unpaired) electrons. The van der Waals surface area contributed by atoms with E-state index in [-0.39, 0.29) is 5.75 Å². The van der Waals surface area contributed by atoms with Gasteiger partial charge in [-0.1, -0.05) is 8.60 Å². The first-order valence-corrected chi connectivity index (χ1v) is 4.28. The van der Waals surface area contributed by atoms with E-state index in [1.807, 2.05) is 0 Å². The average Bonchev–Trinajstić information content (AvgIpc) is 2.05. The second kappa shape index (κ2) is 4.26. The Labute approximate surface area is 71.4 Å². The van der Waals surface area contributed by atoms with Crippen molar-refractivity contribution in [2.75, 3.05) is 7.11 Å². The molecule has 0 spiro atoms. The number of rotatable bonds is 3. The standard InChI is InChI=1S/C7H7O4P/c1-10-6-2-4-7(5-3-6)11-12(8)9/h2-5H,1H3/q-2. The maximum absolute atomic E-state index is 10.1. The molecule has 0 heterocycles. The van der Waals surface area contributed by atoms with Crippen molar-refractivity contribution in [3.63, 3.8) is 0 Å². The molecule has 4 nitrogen and oxygen atoms in total. The van der Waals surface area contributed by atoms with E-state index in [4.69, 9.17) is 4.74 Å². The molecule has 66 valence electrons. The third-order valence-electron chi connectivity index (χ3n) is 1.24. The molecule has 0 fully saturated rings. The van der Waals surface area contributed by atoms with Gasteiger partial charge in [0.2, 0.25) is 0 Å². The number of ether oxygens (including phenoxy) is 1. The van der Waals surface area contributed by atoms with Crippen molar-refractivity contribution in [2.24, 2.45) is 0 Å². The topological polar surface area (TPSA) is 64.6 Å². The molecule has 0 atom stereocenters. The highest BCUT2D eigenvalue weighted by Gasteiger charge is 1.91. The van der Waals surface area contributed by atoms with Gasteiger partial charge in [-0.05, 0) is 24.3 Å². The molecule has 1 rings (SSSR count). The maximum Gasteiger partial charge on any atom is 0.119 e. The van der Waals surface area contributed by atoms with Crippen LogP contribution >= 0.6 is 8.60 Å². The Morgan fingerprint density at radius 2 is 1.58 bits per heavy atom. The van der Waals surface area contributed by atoms with Gasteiger partial charge in [-0.15, -0.1) is 0 Å². The van der Waals surface area contributed by atoms with Gasteiger partial charge in [0, 0.05) is 0 Å². The number of methoxy groups -OCH3 is 1. The zero-order valence-corrected chi connectivity index (χ0v) is 7.28. The number of benzene rings is 1. The molecular formula is C7H7O4P-2. The van der Waals surface area contributed by atoms with Gasteiger partial charge >= 0.3 is 0 Å². The van der Waals surface area contributed by atoms with E-state index in [2.05, 4.69) is 4.52 Å². The van der Waals surface area contributed by atoms with E-state index < -0.39 is 8.60 Å². The highest BCUT2D eigenvalue weighted by Crippen LogP contribution is 2.23. The Kier molecular flexibility index (Phi) is 3.29. The van der Waals surface area contributed by atoms with Crippen LogP contribution in [0.1, 0.15) is 0 Å². The van der Waals surface area contributed by atoms with Crippen molar-refractivity contribution >= 4 is 8.60 Å². The first-order valence-electron chi connectivity index (χ1n) is 3.19. The fourth-order valence-corrected chi connectivity index (χ4v) is 1.02. The highest BCUT2D eigenvalue weighted by atomic mass is 31.2. The van der Waals surface area contributed by atoms with Crippen LogP contribution in [0.3, 0.4) is 0 Å². The fraction of sp³-hybridized carbons (Fsp3) is 0.143. The third-order valence-corrected chi connectivity index (χ3v) is 1.60. The number of hydrogen-bond donors (Lipinski definition) is 0. The molecule has 0 saturated carbocycles. The molecular weight excluding hydrogens is 179 g/mol. The minimum absolute atomic E-state index is 0.284. The minimum Gasteiger partial charge on any atom is -0.810 e. The van der Waals surface area contributed by atoms with Crippen molar-refractivity contribution in [3.8, 4) is 11.5 Å². The van der Waals surface area contributed by atoms with E-state index >= 15 is 0 Å². The summed E-state index contributed by atoms with van der Waals surface area (Å²) in [7, 11) is -1.30. The lowest BCUT2D eigenvalue weighted by Gasteiger charge is -2.29. The Morgan fingerprint density at radius 1 is 1.08 bits per heavy atom. The van der Waals surface area contributed by atoms with Gasteiger partial charge in [-0.2, -0.15) is 0 Å². The molecule has 0 unspecified atom stereocenters. The predicted octanol–water partition coefficient (Wildman–Crippen LogP) is 0.0215. The molecule has 0 bridgehead atoms. The summed E-state index contributed by atoms with van der Waals surface area (Å²) in [6.07, 6.45) is 0. The Hall–Kier alpha value is -0.830. The van der Waals surface area contributed by atoms with Crippen LogP contribution in [0.4, 0.5) is 0 Å². The first-order chi connectivity index (χ1) is 5.72. The Balaban J connectivity index is 2.65. The van der Waals surface area contributed by atoms with Crippen LogP contribution in [0.5, 0.6) is 11.5 Å². The largest absolute Gasteiger partial charge is 0.810 e. The van der Waals surface area contributed by atoms with Crippen molar-refractivity contribution in [1.29, 1.82) is 0 Å². The van der Waals surface area contributed by atoms with Gasteiger partial charge < -0.3 is 19.0 Å². The molecule has 0 aliphatic heterocycles. The van der Waals surface area contributed by atoms with Crippen molar-refractivity contribution in [2.45, 2.75) is 0 Å². The fourth-order valence-electron chi connectivity index (χ4n) is 0.723. The van der Waals surface area contributed by atoms with Crippen LogP contribution in [0, 0.1) is 0 Å². The Morgan fingerprint density at radius 3 is 2.00 bits per heavy atom. The van der Waals surface area contributed by atoms with E-state index in [9.17, 15) is 9.79 Å². The van der Waals surface area contributed by atoms with Gasteiger partial charge in [0.15, 0.2) is 0 Å². The maximum atomic E-state index is 10.1. The normalized spacial score (nSPS) is 10.0. The smallest absolute Gasteiger partial charge is 0.119 e. The Bertz CT molecular complexity index is 234. The molecule has 0 aromatic heterocycles. The third kappa shape index (κ3) is 2.66. The summed E-state index contributed by atoms with van der Waals surface area (Å²) >= 11 is 0. The average molecular weight is 186 g/mol. The summed E-state index contributed by atoms with van der Waals surface area (Å²) in [6.45, 7) is 0. The monoisotopic (exact) mass is 186 g/mol. The first kappa shape index (κ1) is 9.26. The zero-order valence-electron chi connectivity index (χ0n) is 6.39. The summed E-state index contributed by atoms with van der Waals surface area (Å²) in [4.78, 5) is 20.2. The summed E-state index contributed by atoms with van der Waals surface area (Å²) in [5.74, 6) is 0.940. The summed E-state index contributed by atoms with van der Waals surface area (Å²) < 4.78 is 9.28. The molecule has 0 N–H and O–H groups in total. The second-order valence-corrected chi connectivity index (χ2v) is 2.62. The van der Waals surface area contributed by atoms with Crippen LogP contribution in [0.25, 0.3) is 0 Å². The quantitative estimate of drug-likeness (QED) is 0.624. The van der Waals surface area contributed by atoms with Crippen molar-refractivity contribution in [1.82, 2.24) is 0 Å². The molecule has 1 aromatic rings. The SMILES string of the molecule is COc1ccc(OP([O-])[O-])cc1. The molecule has 1 aromatic carbocycles. The van der Waals surface area contributed by atoms with Crippen molar-refractivity contribution < 1.29 is 19.0 Å². The molecule has 12 heavy (non-hydrogen) atoms.